The predicted octanol–water partition coefficient (Wildman–Crippen LogP) is 1.08. The number of amides is 1. The molecule has 108 valence electrons. The van der Waals surface area contributed by atoms with Crippen LogP contribution < -0.4 is 5.73 Å². The molecule has 6 heteroatoms. The van der Waals surface area contributed by atoms with E-state index in [2.05, 4.69) is 29.0 Å². The largest absolute Gasteiger partial charge is 0.338 e. The van der Waals surface area contributed by atoms with Crippen molar-refractivity contribution in [1.82, 2.24) is 20.1 Å². The maximum absolute atomic E-state index is 12.1. The molecule has 1 atom stereocenters. The van der Waals surface area contributed by atoms with Crippen molar-refractivity contribution in [3.8, 4) is 0 Å². The zero-order valence-corrected chi connectivity index (χ0v) is 12.3. The quantitative estimate of drug-likeness (QED) is 0.774. The highest BCUT2D eigenvalue weighted by Crippen LogP contribution is 2.15. The van der Waals surface area contributed by atoms with Gasteiger partial charge in [-0.05, 0) is 31.7 Å². The molecule has 1 rings (SSSR count). The van der Waals surface area contributed by atoms with Gasteiger partial charge in [-0.1, -0.05) is 13.8 Å². The van der Waals surface area contributed by atoms with Crippen molar-refractivity contribution < 1.29 is 4.79 Å². The summed E-state index contributed by atoms with van der Waals surface area (Å²) in [6.07, 6.45) is 1.48. The topological polar surface area (TPSA) is 87.9 Å². The second kappa shape index (κ2) is 7.23. The molecular weight excluding hydrogens is 242 g/mol. The average molecular weight is 267 g/mol. The van der Waals surface area contributed by atoms with Gasteiger partial charge in [0.1, 0.15) is 5.82 Å². The standard InChI is InChI=1S/C13H25N5O/c1-9(2)5-11(7-14)6-13(19)18(4)8-12-15-10(3)16-17-12/h9,11H,5-8,14H2,1-4H3,(H,15,16,17). The van der Waals surface area contributed by atoms with E-state index in [1.807, 2.05) is 6.92 Å². The summed E-state index contributed by atoms with van der Waals surface area (Å²) in [5, 5.41) is 6.80. The molecule has 0 spiro atoms. The Morgan fingerprint density at radius 3 is 2.63 bits per heavy atom. The molecule has 0 aliphatic rings. The van der Waals surface area contributed by atoms with Crippen molar-refractivity contribution in [2.75, 3.05) is 13.6 Å². The van der Waals surface area contributed by atoms with Gasteiger partial charge in [-0.25, -0.2) is 4.98 Å². The molecule has 0 bridgehead atoms. The number of nitrogens with one attached hydrogen (secondary N) is 1. The molecule has 1 unspecified atom stereocenters. The van der Waals surface area contributed by atoms with Crippen LogP contribution >= 0.6 is 0 Å². The molecule has 0 aliphatic heterocycles. The summed E-state index contributed by atoms with van der Waals surface area (Å²) < 4.78 is 0. The van der Waals surface area contributed by atoms with Crippen molar-refractivity contribution in [2.45, 2.75) is 40.2 Å². The van der Waals surface area contributed by atoms with Gasteiger partial charge in [0.05, 0.1) is 6.54 Å². The van der Waals surface area contributed by atoms with Crippen LogP contribution in [0.2, 0.25) is 0 Å². The smallest absolute Gasteiger partial charge is 0.223 e. The number of rotatable bonds is 7. The number of nitrogens with two attached hydrogens (primary N) is 1. The molecule has 1 amide bonds. The number of aryl methyl sites for hydroxylation is 1. The fourth-order valence-corrected chi connectivity index (χ4v) is 2.09. The van der Waals surface area contributed by atoms with Crippen molar-refractivity contribution >= 4 is 5.91 Å². The molecule has 6 nitrogen and oxygen atoms in total. The van der Waals surface area contributed by atoms with Crippen molar-refractivity contribution in [2.24, 2.45) is 17.6 Å². The Morgan fingerprint density at radius 2 is 2.16 bits per heavy atom. The summed E-state index contributed by atoms with van der Waals surface area (Å²) in [5.74, 6) is 2.31. The molecule has 0 saturated carbocycles. The zero-order chi connectivity index (χ0) is 14.4. The fraction of sp³-hybridized carbons (Fsp3) is 0.769. The van der Waals surface area contributed by atoms with E-state index in [0.29, 0.717) is 31.3 Å². The van der Waals surface area contributed by atoms with E-state index < -0.39 is 0 Å². The number of H-pyrrole nitrogens is 1. The van der Waals surface area contributed by atoms with Crippen LogP contribution in [0.15, 0.2) is 0 Å². The van der Waals surface area contributed by atoms with E-state index in [-0.39, 0.29) is 11.8 Å². The van der Waals surface area contributed by atoms with Crippen LogP contribution in [0.1, 0.15) is 38.3 Å². The van der Waals surface area contributed by atoms with E-state index >= 15 is 0 Å². The number of hydrogen-bond donors (Lipinski definition) is 2. The summed E-state index contributed by atoms with van der Waals surface area (Å²) in [5.41, 5.74) is 5.72. The van der Waals surface area contributed by atoms with E-state index in [4.69, 9.17) is 5.73 Å². The summed E-state index contributed by atoms with van der Waals surface area (Å²) in [6, 6.07) is 0. The number of aromatic amines is 1. The molecule has 1 heterocycles. The molecule has 0 fully saturated rings. The fourth-order valence-electron chi connectivity index (χ4n) is 2.09. The minimum absolute atomic E-state index is 0.0959. The Balaban J connectivity index is 2.47. The van der Waals surface area contributed by atoms with Crippen LogP contribution in [0.4, 0.5) is 0 Å². The second-order valence-electron chi connectivity index (χ2n) is 5.52. The van der Waals surface area contributed by atoms with Gasteiger partial charge in [0.25, 0.3) is 0 Å². The van der Waals surface area contributed by atoms with Gasteiger partial charge < -0.3 is 10.6 Å². The van der Waals surface area contributed by atoms with Crippen LogP contribution in [-0.4, -0.2) is 39.6 Å². The van der Waals surface area contributed by atoms with Crippen molar-refractivity contribution in [3.63, 3.8) is 0 Å². The van der Waals surface area contributed by atoms with E-state index in [9.17, 15) is 4.79 Å². The normalized spacial score (nSPS) is 12.7. The maximum atomic E-state index is 12.1. The first-order chi connectivity index (χ1) is 8.92. The Bertz CT molecular complexity index is 401. The van der Waals surface area contributed by atoms with Crippen LogP contribution in [0, 0.1) is 18.8 Å². The molecule has 1 aromatic rings. The number of hydrogen-bond acceptors (Lipinski definition) is 4. The van der Waals surface area contributed by atoms with Crippen LogP contribution in [0.5, 0.6) is 0 Å². The average Bonchev–Trinajstić information content (AvgIpc) is 2.73. The first-order valence-corrected chi connectivity index (χ1v) is 6.74. The third-order valence-electron chi connectivity index (χ3n) is 3.05. The first-order valence-electron chi connectivity index (χ1n) is 6.74. The van der Waals surface area contributed by atoms with Crippen molar-refractivity contribution in [3.05, 3.63) is 11.6 Å². The van der Waals surface area contributed by atoms with Gasteiger partial charge in [-0.3, -0.25) is 9.89 Å². The van der Waals surface area contributed by atoms with Crippen LogP contribution in [0.3, 0.4) is 0 Å². The van der Waals surface area contributed by atoms with Crippen LogP contribution in [-0.2, 0) is 11.3 Å². The lowest BCUT2D eigenvalue weighted by Gasteiger charge is -2.21. The van der Waals surface area contributed by atoms with Gasteiger partial charge in [-0.15, -0.1) is 0 Å². The van der Waals surface area contributed by atoms with E-state index in [1.165, 1.54) is 0 Å². The van der Waals surface area contributed by atoms with Gasteiger partial charge in [0.2, 0.25) is 5.91 Å². The number of nitrogens with zero attached hydrogens (tertiary/aromatic N) is 3. The molecule has 0 radical (unpaired) electrons. The lowest BCUT2D eigenvalue weighted by atomic mass is 9.94. The minimum Gasteiger partial charge on any atom is -0.338 e. The molecule has 19 heavy (non-hydrogen) atoms. The highest BCUT2D eigenvalue weighted by molar-refractivity contribution is 5.76. The number of aromatic nitrogens is 3. The van der Waals surface area contributed by atoms with Crippen LogP contribution in [0.25, 0.3) is 0 Å². The Labute approximate surface area is 114 Å². The summed E-state index contributed by atoms with van der Waals surface area (Å²) in [4.78, 5) is 18.0. The van der Waals surface area contributed by atoms with Gasteiger partial charge >= 0.3 is 0 Å². The zero-order valence-electron chi connectivity index (χ0n) is 12.3. The highest BCUT2D eigenvalue weighted by atomic mass is 16.2. The lowest BCUT2D eigenvalue weighted by molar-refractivity contribution is -0.131. The van der Waals surface area contributed by atoms with Crippen molar-refractivity contribution in [1.29, 1.82) is 0 Å². The minimum atomic E-state index is 0.0959. The maximum Gasteiger partial charge on any atom is 0.223 e. The number of carbonyl (C=O) groups excluding carboxylic acids is 1. The van der Waals surface area contributed by atoms with Gasteiger partial charge in [0, 0.05) is 13.5 Å². The SMILES string of the molecule is Cc1nc(CN(C)C(=O)CC(CN)CC(C)C)n[nH]1. The molecule has 3 N–H and O–H groups in total. The third kappa shape index (κ3) is 5.38. The number of carbonyl (C=O) groups is 1. The van der Waals surface area contributed by atoms with E-state index in [1.54, 1.807) is 11.9 Å². The first kappa shape index (κ1) is 15.6. The predicted molar refractivity (Wildman–Crippen MR) is 74.2 cm³/mol. The molecule has 0 aliphatic carbocycles. The Morgan fingerprint density at radius 1 is 1.47 bits per heavy atom. The lowest BCUT2D eigenvalue weighted by Crippen LogP contribution is -2.30. The van der Waals surface area contributed by atoms with Gasteiger partial charge in [-0.2, -0.15) is 5.10 Å². The summed E-state index contributed by atoms with van der Waals surface area (Å²) in [7, 11) is 1.77. The molecule has 0 saturated heterocycles. The molecule has 1 aromatic heterocycles. The second-order valence-corrected chi connectivity index (χ2v) is 5.52. The Hall–Kier alpha value is -1.43. The Kier molecular flexibility index (Phi) is 5.95. The summed E-state index contributed by atoms with van der Waals surface area (Å²) in [6.45, 7) is 7.12. The summed E-state index contributed by atoms with van der Waals surface area (Å²) >= 11 is 0. The molecule has 0 aromatic carbocycles. The highest BCUT2D eigenvalue weighted by Gasteiger charge is 2.18. The molecular formula is C13H25N5O. The van der Waals surface area contributed by atoms with Gasteiger partial charge in [0.15, 0.2) is 5.82 Å². The van der Waals surface area contributed by atoms with E-state index in [0.717, 1.165) is 12.2 Å². The monoisotopic (exact) mass is 267 g/mol. The third-order valence-corrected chi connectivity index (χ3v) is 3.05.